The fourth-order valence-electron chi connectivity index (χ4n) is 4.20. The summed E-state index contributed by atoms with van der Waals surface area (Å²) in [5, 5.41) is 4.26. The number of nitrogens with zero attached hydrogens (tertiary/aromatic N) is 4. The van der Waals surface area contributed by atoms with Crippen LogP contribution in [0.25, 0.3) is 43.7 Å². The first kappa shape index (κ1) is 19.2. The molecule has 4 nitrogen and oxygen atoms in total. The first-order valence-electron chi connectivity index (χ1n) is 10.9. The number of hydrogen-bond donors (Lipinski definition) is 0. The summed E-state index contributed by atoms with van der Waals surface area (Å²) in [6.45, 7) is 3.24. The Bertz CT molecular complexity index is 1290. The maximum atomic E-state index is 5.02. The highest BCUT2D eigenvalue weighted by Gasteiger charge is 2.15. The number of benzene rings is 2. The minimum atomic E-state index is 0.951. The topological polar surface area (TPSA) is 43.6 Å². The van der Waals surface area contributed by atoms with Crippen LogP contribution >= 0.6 is 11.3 Å². The van der Waals surface area contributed by atoms with Crippen LogP contribution in [0, 0.1) is 0 Å². The van der Waals surface area contributed by atoms with E-state index in [0.717, 1.165) is 39.3 Å². The molecule has 3 heterocycles. The van der Waals surface area contributed by atoms with Crippen LogP contribution in [0.15, 0.2) is 54.0 Å². The van der Waals surface area contributed by atoms with E-state index in [-0.39, 0.29) is 0 Å². The molecule has 0 spiro atoms. The number of rotatable bonds is 8. The average molecular weight is 415 g/mol. The lowest BCUT2D eigenvalue weighted by molar-refractivity contribution is 0.570. The van der Waals surface area contributed by atoms with E-state index in [1.54, 1.807) is 11.3 Å². The second-order valence-electron chi connectivity index (χ2n) is 7.87. The Labute approximate surface area is 180 Å². The van der Waals surface area contributed by atoms with E-state index >= 15 is 0 Å². The summed E-state index contributed by atoms with van der Waals surface area (Å²) >= 11 is 1.68. The van der Waals surface area contributed by atoms with E-state index in [4.69, 9.17) is 9.97 Å². The lowest BCUT2D eigenvalue weighted by Crippen LogP contribution is -2.00. The van der Waals surface area contributed by atoms with E-state index < -0.39 is 0 Å². The zero-order valence-corrected chi connectivity index (χ0v) is 18.2. The van der Waals surface area contributed by atoms with Gasteiger partial charge in [-0.05, 0) is 30.7 Å². The third-order valence-corrected chi connectivity index (χ3v) is 6.59. The predicted octanol–water partition coefficient (Wildman–Crippen LogP) is 7.22. The summed E-state index contributed by atoms with van der Waals surface area (Å²) in [5.74, 6) is 0. The highest BCUT2D eigenvalue weighted by molar-refractivity contribution is 7.13. The minimum absolute atomic E-state index is 0.951. The summed E-state index contributed by atoms with van der Waals surface area (Å²) in [6.07, 6.45) is 9.56. The van der Waals surface area contributed by atoms with E-state index in [0.29, 0.717) is 0 Å². The number of hydrogen-bond acceptors (Lipinski definition) is 4. The van der Waals surface area contributed by atoms with Crippen LogP contribution in [0.5, 0.6) is 0 Å². The maximum absolute atomic E-state index is 5.02. The summed E-state index contributed by atoms with van der Waals surface area (Å²) < 4.78 is 2.38. The molecule has 2 aromatic carbocycles. The third-order valence-electron chi connectivity index (χ3n) is 5.77. The molecule has 0 amide bonds. The molecule has 5 rings (SSSR count). The smallest absolute Gasteiger partial charge is 0.160 e. The summed E-state index contributed by atoms with van der Waals surface area (Å²) in [7, 11) is 0. The van der Waals surface area contributed by atoms with Crippen LogP contribution < -0.4 is 0 Å². The van der Waals surface area contributed by atoms with Crippen molar-refractivity contribution in [3.63, 3.8) is 0 Å². The van der Waals surface area contributed by atoms with Crippen molar-refractivity contribution in [1.29, 1.82) is 0 Å². The van der Waals surface area contributed by atoms with Crippen LogP contribution in [0.4, 0.5) is 0 Å². The average Bonchev–Trinajstić information content (AvgIpc) is 3.41. The van der Waals surface area contributed by atoms with Crippen molar-refractivity contribution in [3.05, 3.63) is 54.0 Å². The van der Waals surface area contributed by atoms with Crippen LogP contribution in [0.3, 0.4) is 0 Å². The molecule has 0 N–H and O–H groups in total. The normalized spacial score (nSPS) is 11.8. The van der Waals surface area contributed by atoms with Gasteiger partial charge in [0.15, 0.2) is 5.65 Å². The van der Waals surface area contributed by atoms with Gasteiger partial charge in [-0.3, -0.25) is 0 Å². The number of aromatic nitrogens is 4. The molecule has 0 aliphatic carbocycles. The van der Waals surface area contributed by atoms with Gasteiger partial charge in [0.25, 0.3) is 0 Å². The van der Waals surface area contributed by atoms with Crippen LogP contribution in [-0.4, -0.2) is 19.5 Å². The molecule has 5 heteroatoms. The molecule has 0 atom stereocenters. The lowest BCUT2D eigenvalue weighted by Gasteiger charge is -2.08. The Balaban J connectivity index is 1.60. The molecule has 0 aliphatic rings. The van der Waals surface area contributed by atoms with Crippen molar-refractivity contribution in [2.75, 3.05) is 0 Å². The molecule has 3 aromatic heterocycles. The Morgan fingerprint density at radius 1 is 0.900 bits per heavy atom. The Morgan fingerprint density at radius 3 is 2.50 bits per heavy atom. The fraction of sp³-hybridized carbons (Fsp3) is 0.320. The van der Waals surface area contributed by atoms with E-state index in [2.05, 4.69) is 40.7 Å². The molecule has 0 bridgehead atoms. The van der Waals surface area contributed by atoms with E-state index in [1.165, 1.54) is 49.4 Å². The second-order valence-corrected chi connectivity index (χ2v) is 8.77. The molecule has 0 radical (unpaired) electrons. The van der Waals surface area contributed by atoms with Gasteiger partial charge in [0.05, 0.1) is 16.6 Å². The molecular weight excluding hydrogens is 388 g/mol. The first-order chi connectivity index (χ1) is 14.8. The largest absolute Gasteiger partial charge is 0.324 e. The van der Waals surface area contributed by atoms with Gasteiger partial charge in [0.2, 0.25) is 0 Å². The molecule has 0 unspecified atom stereocenters. The zero-order valence-electron chi connectivity index (χ0n) is 17.3. The van der Waals surface area contributed by atoms with Crippen LogP contribution in [-0.2, 0) is 6.54 Å². The van der Waals surface area contributed by atoms with Gasteiger partial charge in [-0.15, -0.1) is 11.3 Å². The molecule has 0 fully saturated rings. The second kappa shape index (κ2) is 8.52. The number of unbranched alkanes of at least 4 members (excludes halogenated alkanes) is 5. The fourth-order valence-corrected chi connectivity index (χ4v) is 4.84. The minimum Gasteiger partial charge on any atom is -0.324 e. The molecule has 0 aliphatic heterocycles. The third kappa shape index (κ3) is 3.58. The monoisotopic (exact) mass is 414 g/mol. The van der Waals surface area contributed by atoms with E-state index in [1.807, 2.05) is 29.8 Å². The lowest BCUT2D eigenvalue weighted by atomic mass is 10.1. The Kier molecular flexibility index (Phi) is 5.45. The van der Waals surface area contributed by atoms with Crippen molar-refractivity contribution >= 4 is 44.4 Å². The van der Waals surface area contributed by atoms with Gasteiger partial charge in [-0.25, -0.2) is 15.0 Å². The highest BCUT2D eigenvalue weighted by Crippen LogP contribution is 2.32. The Morgan fingerprint density at radius 2 is 1.70 bits per heavy atom. The molecule has 0 saturated heterocycles. The van der Waals surface area contributed by atoms with Crippen LogP contribution in [0.2, 0.25) is 0 Å². The molecule has 0 saturated carbocycles. The number of fused-ring (bicyclic) bond motifs is 4. The molecule has 5 aromatic rings. The molecule has 30 heavy (non-hydrogen) atoms. The van der Waals surface area contributed by atoms with Crippen molar-refractivity contribution in [1.82, 2.24) is 19.5 Å². The summed E-state index contributed by atoms with van der Waals surface area (Å²) in [5.41, 5.74) is 6.27. The molecular formula is C25H26N4S. The Hall–Kier alpha value is -2.79. The van der Waals surface area contributed by atoms with Gasteiger partial charge in [-0.1, -0.05) is 57.2 Å². The highest BCUT2D eigenvalue weighted by atomic mass is 32.1. The van der Waals surface area contributed by atoms with Gasteiger partial charge < -0.3 is 4.57 Å². The van der Waals surface area contributed by atoms with E-state index in [9.17, 15) is 0 Å². The van der Waals surface area contributed by atoms with Crippen LogP contribution in [0.1, 0.15) is 45.4 Å². The van der Waals surface area contributed by atoms with Gasteiger partial charge in [0.1, 0.15) is 10.5 Å². The maximum Gasteiger partial charge on any atom is 0.160 e. The van der Waals surface area contributed by atoms with Crippen molar-refractivity contribution in [2.45, 2.75) is 52.0 Å². The zero-order chi connectivity index (χ0) is 20.3. The van der Waals surface area contributed by atoms with Gasteiger partial charge >= 0.3 is 0 Å². The quantitative estimate of drug-likeness (QED) is 0.252. The van der Waals surface area contributed by atoms with Gasteiger partial charge in [-0.2, -0.15) is 0 Å². The van der Waals surface area contributed by atoms with Crippen molar-refractivity contribution in [3.8, 4) is 10.6 Å². The van der Waals surface area contributed by atoms with Gasteiger partial charge in [0, 0.05) is 29.1 Å². The summed E-state index contributed by atoms with van der Waals surface area (Å²) in [6, 6.07) is 14.8. The molecule has 152 valence electrons. The number of para-hydroxylation sites is 2. The standard InChI is InChI=1S/C25H26N4S/c1-2-3-4-5-6-9-15-29-22-17-18(25-26-14-16-30-25)12-13-19(22)23-24(29)28-21-11-8-7-10-20(21)27-23/h7-8,10-14,16-17H,2-6,9,15H2,1H3. The first-order valence-corrected chi connectivity index (χ1v) is 11.8. The van der Waals surface area contributed by atoms with Crippen molar-refractivity contribution < 1.29 is 0 Å². The SMILES string of the molecule is CCCCCCCCn1c2cc(-c3nccs3)ccc2c2nc3ccccc3nc21. The number of aryl methyl sites for hydroxylation is 1. The predicted molar refractivity (Wildman–Crippen MR) is 127 cm³/mol. The number of thiazole rings is 1. The summed E-state index contributed by atoms with van der Waals surface area (Å²) in [4.78, 5) is 14.5. The van der Waals surface area contributed by atoms with Crippen molar-refractivity contribution in [2.24, 2.45) is 0 Å².